The number of barbiturate groups is 1. The number of benzene rings is 2. The number of hydrogen-bond donors (Lipinski definition) is 2. The largest absolute Gasteiger partial charge is 0.478 e. The first kappa shape index (κ1) is 19.8. The third-order valence-electron chi connectivity index (χ3n) is 4.70. The smallest absolute Gasteiger partial charge is 0.335 e. The van der Waals surface area contributed by atoms with Crippen LogP contribution in [0.2, 0.25) is 0 Å². The summed E-state index contributed by atoms with van der Waals surface area (Å²) in [4.78, 5) is 49.5. The number of carbonyl (C=O) groups is 4. The Kier molecular flexibility index (Phi) is 4.96. The van der Waals surface area contributed by atoms with E-state index in [9.17, 15) is 19.2 Å². The molecule has 0 atom stereocenters. The van der Waals surface area contributed by atoms with E-state index in [1.165, 1.54) is 18.2 Å². The molecule has 4 amide bonds. The summed E-state index contributed by atoms with van der Waals surface area (Å²) in [6.07, 6.45) is 1.25. The van der Waals surface area contributed by atoms with E-state index in [1.54, 1.807) is 48.5 Å². The number of amides is 4. The number of aromatic carboxylic acids is 1. The van der Waals surface area contributed by atoms with Crippen LogP contribution in [-0.4, -0.2) is 28.9 Å². The number of hydrogen-bond acceptors (Lipinski definition) is 5. The van der Waals surface area contributed by atoms with E-state index < -0.39 is 23.8 Å². The first-order chi connectivity index (χ1) is 14.8. The van der Waals surface area contributed by atoms with Gasteiger partial charge in [-0.1, -0.05) is 29.8 Å². The van der Waals surface area contributed by atoms with Gasteiger partial charge in [-0.2, -0.15) is 0 Å². The van der Waals surface area contributed by atoms with Crippen molar-refractivity contribution in [2.24, 2.45) is 0 Å². The maximum atomic E-state index is 12.9. The van der Waals surface area contributed by atoms with Crippen molar-refractivity contribution in [2.75, 3.05) is 4.90 Å². The number of nitrogens with zero attached hydrogens (tertiary/aromatic N) is 1. The quantitative estimate of drug-likeness (QED) is 0.496. The molecule has 31 heavy (non-hydrogen) atoms. The molecule has 0 bridgehead atoms. The van der Waals surface area contributed by atoms with Crippen molar-refractivity contribution >= 4 is 35.6 Å². The summed E-state index contributed by atoms with van der Waals surface area (Å²) in [5, 5.41) is 11.3. The van der Waals surface area contributed by atoms with Gasteiger partial charge in [0.25, 0.3) is 11.8 Å². The molecule has 4 rings (SSSR count). The molecule has 0 saturated carbocycles. The van der Waals surface area contributed by atoms with Gasteiger partial charge in [-0.3, -0.25) is 14.9 Å². The molecular formula is C23H16N2O6. The highest BCUT2D eigenvalue weighted by atomic mass is 16.4. The number of carboxylic acid groups (broad SMARTS) is 1. The van der Waals surface area contributed by atoms with Crippen LogP contribution in [0.4, 0.5) is 10.5 Å². The Hall–Kier alpha value is -4.46. The van der Waals surface area contributed by atoms with Gasteiger partial charge in [0.15, 0.2) is 0 Å². The lowest BCUT2D eigenvalue weighted by atomic mass is 10.1. The molecule has 8 heteroatoms. The van der Waals surface area contributed by atoms with E-state index in [0.717, 1.165) is 10.5 Å². The predicted octanol–water partition coefficient (Wildman–Crippen LogP) is 3.62. The van der Waals surface area contributed by atoms with Crippen molar-refractivity contribution in [3.63, 3.8) is 0 Å². The number of carboxylic acids is 1. The van der Waals surface area contributed by atoms with Gasteiger partial charge in [-0.15, -0.1) is 0 Å². The zero-order valence-electron chi connectivity index (χ0n) is 16.3. The van der Waals surface area contributed by atoms with Crippen LogP contribution in [0.3, 0.4) is 0 Å². The summed E-state index contributed by atoms with van der Waals surface area (Å²) >= 11 is 0. The Morgan fingerprint density at radius 1 is 1.03 bits per heavy atom. The van der Waals surface area contributed by atoms with E-state index in [-0.39, 0.29) is 16.9 Å². The van der Waals surface area contributed by atoms with Crippen LogP contribution in [0.15, 0.2) is 70.7 Å². The molecule has 2 aromatic carbocycles. The van der Waals surface area contributed by atoms with Gasteiger partial charge < -0.3 is 9.52 Å². The Morgan fingerprint density at radius 2 is 1.77 bits per heavy atom. The average Bonchev–Trinajstić information content (AvgIpc) is 3.21. The molecule has 0 radical (unpaired) electrons. The Balaban J connectivity index is 1.66. The number of anilines is 1. The van der Waals surface area contributed by atoms with Gasteiger partial charge >= 0.3 is 12.0 Å². The maximum Gasteiger partial charge on any atom is 0.335 e. The minimum absolute atomic E-state index is 0.0999. The molecule has 1 aliphatic heterocycles. The van der Waals surface area contributed by atoms with Crippen molar-refractivity contribution in [2.45, 2.75) is 6.92 Å². The van der Waals surface area contributed by atoms with Crippen molar-refractivity contribution in [3.8, 4) is 11.3 Å². The van der Waals surface area contributed by atoms with Gasteiger partial charge in [0.2, 0.25) is 0 Å². The summed E-state index contributed by atoms with van der Waals surface area (Å²) < 4.78 is 5.68. The second-order valence-corrected chi connectivity index (χ2v) is 6.88. The van der Waals surface area contributed by atoms with Crippen LogP contribution in [0.5, 0.6) is 0 Å². The third-order valence-corrected chi connectivity index (χ3v) is 4.70. The molecule has 154 valence electrons. The summed E-state index contributed by atoms with van der Waals surface area (Å²) in [6, 6.07) is 15.2. The van der Waals surface area contributed by atoms with Crippen molar-refractivity contribution in [3.05, 3.63) is 83.1 Å². The van der Waals surface area contributed by atoms with E-state index in [1.807, 2.05) is 6.92 Å². The highest BCUT2D eigenvalue weighted by Gasteiger charge is 2.37. The highest BCUT2D eigenvalue weighted by Crippen LogP contribution is 2.26. The molecule has 8 nitrogen and oxygen atoms in total. The van der Waals surface area contributed by atoms with Crippen LogP contribution in [0.1, 0.15) is 21.7 Å². The van der Waals surface area contributed by atoms with Gasteiger partial charge in [-0.05, 0) is 49.4 Å². The summed E-state index contributed by atoms with van der Waals surface area (Å²) in [7, 11) is 0. The first-order valence-corrected chi connectivity index (χ1v) is 9.25. The maximum absolute atomic E-state index is 12.9. The zero-order chi connectivity index (χ0) is 22.1. The molecule has 1 aliphatic rings. The number of furan rings is 1. The lowest BCUT2D eigenvalue weighted by Crippen LogP contribution is -2.54. The molecule has 0 spiro atoms. The molecule has 0 unspecified atom stereocenters. The van der Waals surface area contributed by atoms with Crippen LogP contribution in [0.25, 0.3) is 17.4 Å². The number of urea groups is 1. The van der Waals surface area contributed by atoms with Crippen LogP contribution in [-0.2, 0) is 9.59 Å². The van der Waals surface area contributed by atoms with E-state index in [2.05, 4.69) is 5.32 Å². The summed E-state index contributed by atoms with van der Waals surface area (Å²) in [5.74, 6) is -2.11. The Labute approximate surface area is 176 Å². The first-order valence-electron chi connectivity index (χ1n) is 9.25. The van der Waals surface area contributed by atoms with Crippen molar-refractivity contribution in [1.29, 1.82) is 0 Å². The highest BCUT2D eigenvalue weighted by molar-refractivity contribution is 6.39. The molecule has 2 N–H and O–H groups in total. The summed E-state index contributed by atoms with van der Waals surface area (Å²) in [6.45, 7) is 1.87. The number of imide groups is 2. The fourth-order valence-electron chi connectivity index (χ4n) is 3.12. The van der Waals surface area contributed by atoms with E-state index in [0.29, 0.717) is 17.0 Å². The third kappa shape index (κ3) is 3.86. The zero-order valence-corrected chi connectivity index (χ0v) is 16.3. The molecule has 1 aromatic heterocycles. The second kappa shape index (κ2) is 7.75. The van der Waals surface area contributed by atoms with Crippen LogP contribution >= 0.6 is 0 Å². The fraction of sp³-hybridized carbons (Fsp3) is 0.0435. The topological polar surface area (TPSA) is 117 Å². The number of nitrogens with one attached hydrogen (secondary N) is 1. The van der Waals surface area contributed by atoms with E-state index in [4.69, 9.17) is 9.52 Å². The predicted molar refractivity (Wildman–Crippen MR) is 111 cm³/mol. The molecule has 0 aliphatic carbocycles. The fourth-order valence-corrected chi connectivity index (χ4v) is 3.12. The Bertz CT molecular complexity index is 1250. The van der Waals surface area contributed by atoms with Gasteiger partial charge in [-0.25, -0.2) is 14.5 Å². The normalized spacial score (nSPS) is 15.3. The second-order valence-electron chi connectivity index (χ2n) is 6.88. The number of aryl methyl sites for hydroxylation is 1. The lowest BCUT2D eigenvalue weighted by Gasteiger charge is -2.26. The monoisotopic (exact) mass is 416 g/mol. The van der Waals surface area contributed by atoms with E-state index >= 15 is 0 Å². The Morgan fingerprint density at radius 3 is 2.48 bits per heavy atom. The SMILES string of the molecule is Cc1ccc(N2C(=O)NC(=O)/C(=C/c3ccc(-c4cccc(C(=O)O)c4)o3)C2=O)cc1. The lowest BCUT2D eigenvalue weighted by molar-refractivity contribution is -0.122. The standard InChI is InChI=1S/C23H16N2O6/c1-13-5-7-16(8-6-13)25-21(27)18(20(26)24-23(25)30)12-17-9-10-19(31-17)14-3-2-4-15(11-14)22(28)29/h2-12H,1H3,(H,28,29)(H,24,26,30)/b18-12-. The number of rotatable bonds is 4. The molecule has 2 heterocycles. The number of carbonyl (C=O) groups excluding carboxylic acids is 3. The van der Waals surface area contributed by atoms with Gasteiger partial charge in [0.1, 0.15) is 17.1 Å². The van der Waals surface area contributed by atoms with Gasteiger partial charge in [0.05, 0.1) is 11.3 Å². The molecule has 1 fully saturated rings. The van der Waals surface area contributed by atoms with Crippen molar-refractivity contribution in [1.82, 2.24) is 5.32 Å². The van der Waals surface area contributed by atoms with Crippen LogP contribution in [0, 0.1) is 6.92 Å². The molecule has 1 saturated heterocycles. The minimum Gasteiger partial charge on any atom is -0.478 e. The average molecular weight is 416 g/mol. The molecular weight excluding hydrogens is 400 g/mol. The van der Waals surface area contributed by atoms with Crippen molar-refractivity contribution < 1.29 is 28.7 Å². The van der Waals surface area contributed by atoms with Gasteiger partial charge in [0, 0.05) is 5.56 Å². The van der Waals surface area contributed by atoms with Crippen LogP contribution < -0.4 is 10.2 Å². The molecule has 3 aromatic rings. The minimum atomic E-state index is -1.07. The summed E-state index contributed by atoms with van der Waals surface area (Å²) in [5.41, 5.74) is 1.65.